The van der Waals surface area contributed by atoms with E-state index in [1.54, 1.807) is 61.6 Å². The average molecular weight is 548 g/mol. The lowest BCUT2D eigenvalue weighted by molar-refractivity contribution is 0.100. The molecule has 41 heavy (non-hydrogen) atoms. The Kier molecular flexibility index (Phi) is 8.73. The summed E-state index contributed by atoms with van der Waals surface area (Å²) in [5.74, 6) is -1.64. The molecule has 4 aromatic rings. The van der Waals surface area contributed by atoms with Crippen LogP contribution in [0.2, 0.25) is 0 Å². The summed E-state index contributed by atoms with van der Waals surface area (Å²) in [7, 11) is 1.78. The minimum atomic E-state index is -0.537. The molecular weight excluding hydrogens is 522 g/mol. The molecule has 0 fully saturated rings. The fraction of sp³-hybridized carbons (Fsp3) is 0.0667. The second-order valence-corrected chi connectivity index (χ2v) is 8.87. The highest BCUT2D eigenvalue weighted by atomic mass is 16.2. The molecule has 4 rings (SSSR count). The van der Waals surface area contributed by atoms with Crippen LogP contribution in [0.25, 0.3) is 10.4 Å². The lowest BCUT2D eigenvalue weighted by Gasteiger charge is -2.11. The number of amides is 3. The van der Waals surface area contributed by atoms with Gasteiger partial charge in [0.25, 0.3) is 17.7 Å². The van der Waals surface area contributed by atoms with Gasteiger partial charge in [0.15, 0.2) is 5.78 Å². The van der Waals surface area contributed by atoms with Crippen LogP contribution >= 0.6 is 0 Å². The zero-order chi connectivity index (χ0) is 29.4. The largest absolute Gasteiger partial charge is 0.388 e. The molecule has 0 radical (unpaired) electrons. The number of carbonyl (C=O) groups is 4. The maximum atomic E-state index is 13.0. The number of azide groups is 1. The minimum absolute atomic E-state index is 0.127. The molecule has 0 spiro atoms. The number of hydrogen-bond donors (Lipinski definition) is 4. The molecule has 0 aromatic heterocycles. The van der Waals surface area contributed by atoms with Gasteiger partial charge in [-0.3, -0.25) is 19.2 Å². The van der Waals surface area contributed by atoms with Gasteiger partial charge in [0.05, 0.1) is 0 Å². The molecule has 0 saturated heterocycles. The SMILES string of the molecule is CNc1cccc(NC(=O)c2cccc(C(=O)Nc3cccc(NC(=O)c4cc(N=[N+]=[N-])cc(C(C)=O)c4)c3)c2)c1. The molecule has 0 heterocycles. The molecule has 4 N–H and O–H groups in total. The molecule has 3 amide bonds. The summed E-state index contributed by atoms with van der Waals surface area (Å²) in [5, 5.41) is 14.8. The molecule has 11 nitrogen and oxygen atoms in total. The fourth-order valence-corrected chi connectivity index (χ4v) is 3.89. The number of nitrogens with one attached hydrogen (secondary N) is 4. The van der Waals surface area contributed by atoms with Gasteiger partial charge in [-0.25, -0.2) is 0 Å². The first kappa shape index (κ1) is 28.1. The van der Waals surface area contributed by atoms with Gasteiger partial charge in [-0.05, 0) is 85.3 Å². The Bertz CT molecular complexity index is 1690. The highest BCUT2D eigenvalue weighted by molar-refractivity contribution is 6.10. The summed E-state index contributed by atoms with van der Waals surface area (Å²) in [4.78, 5) is 53.2. The van der Waals surface area contributed by atoms with E-state index in [4.69, 9.17) is 5.53 Å². The first-order valence-corrected chi connectivity index (χ1v) is 12.4. The predicted molar refractivity (Wildman–Crippen MR) is 158 cm³/mol. The van der Waals surface area contributed by atoms with Crippen molar-refractivity contribution in [2.75, 3.05) is 28.3 Å². The second kappa shape index (κ2) is 12.7. The summed E-state index contributed by atoms with van der Waals surface area (Å²) >= 11 is 0. The second-order valence-electron chi connectivity index (χ2n) is 8.87. The number of nitrogens with zero attached hydrogens (tertiary/aromatic N) is 3. The summed E-state index contributed by atoms with van der Waals surface area (Å²) in [6, 6.07) is 24.2. The van der Waals surface area contributed by atoms with Gasteiger partial charge in [0, 0.05) is 62.7 Å². The third-order valence-electron chi connectivity index (χ3n) is 5.92. The van der Waals surface area contributed by atoms with Crippen molar-refractivity contribution in [2.24, 2.45) is 5.11 Å². The number of rotatable bonds is 9. The van der Waals surface area contributed by atoms with E-state index >= 15 is 0 Å². The quantitative estimate of drug-likeness (QED) is 0.0798. The van der Waals surface area contributed by atoms with Crippen molar-refractivity contribution in [3.05, 3.63) is 124 Å². The van der Waals surface area contributed by atoms with Crippen molar-refractivity contribution in [1.29, 1.82) is 0 Å². The van der Waals surface area contributed by atoms with Gasteiger partial charge < -0.3 is 21.3 Å². The number of Topliss-reactive ketones (excluding diaryl/α,β-unsaturated/α-hetero) is 1. The van der Waals surface area contributed by atoms with E-state index in [0.29, 0.717) is 22.6 Å². The molecule has 0 bridgehead atoms. The van der Waals surface area contributed by atoms with Gasteiger partial charge in [-0.15, -0.1) is 0 Å². The summed E-state index contributed by atoms with van der Waals surface area (Å²) in [5.41, 5.74) is 12.0. The van der Waals surface area contributed by atoms with Crippen LogP contribution < -0.4 is 21.3 Å². The molecule has 0 aliphatic carbocycles. The number of benzene rings is 4. The van der Waals surface area contributed by atoms with Crippen molar-refractivity contribution in [3.8, 4) is 0 Å². The normalized spacial score (nSPS) is 10.1. The highest BCUT2D eigenvalue weighted by Crippen LogP contribution is 2.22. The van der Waals surface area contributed by atoms with Crippen LogP contribution in [-0.4, -0.2) is 30.6 Å². The maximum absolute atomic E-state index is 13.0. The fourth-order valence-electron chi connectivity index (χ4n) is 3.89. The molecule has 204 valence electrons. The monoisotopic (exact) mass is 547 g/mol. The van der Waals surface area contributed by atoms with Gasteiger partial charge in [0.2, 0.25) is 0 Å². The number of hydrogen-bond acceptors (Lipinski definition) is 6. The van der Waals surface area contributed by atoms with E-state index in [-0.39, 0.29) is 34.1 Å². The molecule has 0 saturated carbocycles. The summed E-state index contributed by atoms with van der Waals surface area (Å²) in [6.07, 6.45) is 0. The summed E-state index contributed by atoms with van der Waals surface area (Å²) < 4.78 is 0. The van der Waals surface area contributed by atoms with Crippen molar-refractivity contribution < 1.29 is 19.2 Å². The maximum Gasteiger partial charge on any atom is 0.255 e. The van der Waals surface area contributed by atoms with E-state index in [2.05, 4.69) is 31.3 Å². The first-order valence-electron chi connectivity index (χ1n) is 12.4. The lowest BCUT2D eigenvalue weighted by Crippen LogP contribution is -2.16. The Morgan fingerprint density at radius 1 is 0.610 bits per heavy atom. The number of carbonyl (C=O) groups excluding carboxylic acids is 4. The topological polar surface area (TPSA) is 165 Å². The Balaban J connectivity index is 1.46. The van der Waals surface area contributed by atoms with Crippen LogP contribution in [0, 0.1) is 0 Å². The lowest BCUT2D eigenvalue weighted by atomic mass is 10.1. The molecule has 11 heteroatoms. The van der Waals surface area contributed by atoms with Crippen LogP contribution in [0.5, 0.6) is 0 Å². The molecule has 0 atom stereocenters. The third-order valence-corrected chi connectivity index (χ3v) is 5.92. The van der Waals surface area contributed by atoms with Gasteiger partial charge in [-0.2, -0.15) is 0 Å². The first-order chi connectivity index (χ1) is 19.7. The van der Waals surface area contributed by atoms with Gasteiger partial charge in [-0.1, -0.05) is 23.3 Å². The summed E-state index contributed by atoms with van der Waals surface area (Å²) in [6.45, 7) is 1.34. The molecule has 0 aliphatic heterocycles. The standard InChI is InChI=1S/C30H25N7O4/c1-18(38)21-13-22(15-27(14-21)36-37-31)30(41)35-26-11-5-10-25(17-26)34-29(40)20-7-3-6-19(12-20)28(39)33-24-9-4-8-23(16-24)32-2/h3-17,32H,1-2H3,(H,33,39)(H,34,40)(H,35,41). The molecule has 4 aromatic carbocycles. The highest BCUT2D eigenvalue weighted by Gasteiger charge is 2.14. The van der Waals surface area contributed by atoms with Crippen molar-refractivity contribution in [2.45, 2.75) is 6.92 Å². The van der Waals surface area contributed by atoms with Crippen molar-refractivity contribution in [3.63, 3.8) is 0 Å². The Hall–Kier alpha value is -5.93. The van der Waals surface area contributed by atoms with Crippen LogP contribution in [0.1, 0.15) is 48.4 Å². The van der Waals surface area contributed by atoms with Gasteiger partial charge in [0.1, 0.15) is 0 Å². The number of ketones is 1. The van der Waals surface area contributed by atoms with Crippen LogP contribution in [-0.2, 0) is 0 Å². The minimum Gasteiger partial charge on any atom is -0.388 e. The van der Waals surface area contributed by atoms with Crippen LogP contribution in [0.3, 0.4) is 0 Å². The average Bonchev–Trinajstić information content (AvgIpc) is 2.97. The van der Waals surface area contributed by atoms with E-state index < -0.39 is 11.8 Å². The van der Waals surface area contributed by atoms with Crippen LogP contribution in [0.15, 0.2) is 96.1 Å². The molecule has 0 aliphatic rings. The van der Waals surface area contributed by atoms with E-state index in [9.17, 15) is 19.2 Å². The van der Waals surface area contributed by atoms with Crippen LogP contribution in [0.4, 0.5) is 28.4 Å². The Morgan fingerprint density at radius 2 is 1.05 bits per heavy atom. The third kappa shape index (κ3) is 7.34. The van der Waals surface area contributed by atoms with Crippen molar-refractivity contribution in [1.82, 2.24) is 0 Å². The van der Waals surface area contributed by atoms with E-state index in [1.165, 1.54) is 31.2 Å². The number of anilines is 4. The van der Waals surface area contributed by atoms with Crippen molar-refractivity contribution >= 4 is 51.9 Å². The molecular formula is C30H25N7O4. The van der Waals surface area contributed by atoms with Gasteiger partial charge >= 0.3 is 0 Å². The zero-order valence-corrected chi connectivity index (χ0v) is 22.1. The molecule has 0 unspecified atom stereocenters. The smallest absolute Gasteiger partial charge is 0.255 e. The Morgan fingerprint density at radius 3 is 1.56 bits per heavy atom. The predicted octanol–water partition coefficient (Wildman–Crippen LogP) is 6.63. The Labute approximate surface area is 235 Å². The zero-order valence-electron chi connectivity index (χ0n) is 22.1. The van der Waals surface area contributed by atoms with E-state index in [1.807, 2.05) is 12.1 Å². The van der Waals surface area contributed by atoms with E-state index in [0.717, 1.165) is 5.69 Å².